The van der Waals surface area contributed by atoms with Crippen LogP contribution >= 0.6 is 0 Å². The smallest absolute Gasteiger partial charge is 0.361 e. The lowest BCUT2D eigenvalue weighted by atomic mass is 10.2. The molecule has 0 aliphatic carbocycles. The second kappa shape index (κ2) is 4.68. The fourth-order valence-electron chi connectivity index (χ4n) is 1.12. The lowest BCUT2D eigenvalue weighted by Crippen LogP contribution is -2.09. The Kier molecular flexibility index (Phi) is 3.51. The summed E-state index contributed by atoms with van der Waals surface area (Å²) in [4.78, 5) is 23.2. The number of aromatic nitrogens is 1. The fourth-order valence-corrected chi connectivity index (χ4v) is 1.12. The number of carboxylic acids is 1. The highest BCUT2D eigenvalue weighted by molar-refractivity contribution is 5.90. The number of hydrogen-bond acceptors (Lipinski definition) is 5. The Morgan fingerprint density at radius 2 is 2.24 bits per heavy atom. The second-order valence-electron chi connectivity index (χ2n) is 2.81. The molecule has 0 saturated carbocycles. The molecule has 0 spiro atoms. The molecule has 0 saturated heterocycles. The molecule has 0 aliphatic heterocycles. The van der Waals surface area contributed by atoms with E-state index in [-0.39, 0.29) is 0 Å². The van der Waals surface area contributed by atoms with E-state index in [1.807, 2.05) is 0 Å². The van der Waals surface area contributed by atoms with Crippen LogP contribution in [0.4, 0.5) is 14.5 Å². The molecule has 9 heteroatoms. The van der Waals surface area contributed by atoms with E-state index in [2.05, 4.69) is 9.72 Å². The Hall–Kier alpha value is -2.32. The quantitative estimate of drug-likeness (QED) is 0.641. The Labute approximate surface area is 92.8 Å². The lowest BCUT2D eigenvalue weighted by molar-refractivity contribution is -0.385. The number of pyridine rings is 1. The predicted molar refractivity (Wildman–Crippen MR) is 49.4 cm³/mol. The van der Waals surface area contributed by atoms with Gasteiger partial charge in [-0.15, -0.1) is 0 Å². The van der Waals surface area contributed by atoms with Crippen LogP contribution in [0.2, 0.25) is 0 Å². The molecule has 0 radical (unpaired) electrons. The molecular weight excluding hydrogens is 242 g/mol. The van der Waals surface area contributed by atoms with Gasteiger partial charge in [0.2, 0.25) is 5.69 Å². The first-order valence-corrected chi connectivity index (χ1v) is 4.13. The summed E-state index contributed by atoms with van der Waals surface area (Å²) < 4.78 is 29.5. The predicted octanol–water partition coefficient (Wildman–Crippen LogP) is 1.63. The van der Waals surface area contributed by atoms with E-state index in [0.29, 0.717) is 6.07 Å². The van der Waals surface area contributed by atoms with Crippen LogP contribution < -0.4 is 4.74 Å². The number of rotatable bonds is 4. The molecule has 17 heavy (non-hydrogen) atoms. The van der Waals surface area contributed by atoms with Gasteiger partial charge in [-0.05, 0) is 0 Å². The monoisotopic (exact) mass is 248 g/mol. The standard InChI is InChI=1S/C8H6F2N2O5/c1-17-4-2-3(12(15)16)5(8(13)14)11-6(4)7(9)10/h2,7H,1H3,(H,13,14). The highest BCUT2D eigenvalue weighted by Crippen LogP contribution is 2.32. The first-order valence-electron chi connectivity index (χ1n) is 4.13. The van der Waals surface area contributed by atoms with E-state index in [4.69, 9.17) is 5.11 Å². The number of methoxy groups -OCH3 is 1. The molecule has 7 nitrogen and oxygen atoms in total. The minimum Gasteiger partial charge on any atom is -0.494 e. The van der Waals surface area contributed by atoms with Crippen molar-refractivity contribution in [2.24, 2.45) is 0 Å². The second-order valence-corrected chi connectivity index (χ2v) is 2.81. The highest BCUT2D eigenvalue weighted by Gasteiger charge is 2.28. The van der Waals surface area contributed by atoms with Gasteiger partial charge in [-0.25, -0.2) is 18.6 Å². The van der Waals surface area contributed by atoms with E-state index in [9.17, 15) is 23.7 Å². The molecule has 0 unspecified atom stereocenters. The number of nitrogens with zero attached hydrogens (tertiary/aromatic N) is 2. The van der Waals surface area contributed by atoms with Crippen molar-refractivity contribution in [2.75, 3.05) is 7.11 Å². The van der Waals surface area contributed by atoms with Gasteiger partial charge in [0, 0.05) is 0 Å². The van der Waals surface area contributed by atoms with E-state index >= 15 is 0 Å². The van der Waals surface area contributed by atoms with Crippen molar-refractivity contribution in [3.05, 3.63) is 27.6 Å². The van der Waals surface area contributed by atoms with Gasteiger partial charge in [0.05, 0.1) is 18.1 Å². The van der Waals surface area contributed by atoms with Gasteiger partial charge < -0.3 is 9.84 Å². The molecule has 1 heterocycles. The third-order valence-electron chi connectivity index (χ3n) is 1.82. The summed E-state index contributed by atoms with van der Waals surface area (Å²) in [5.74, 6) is -2.29. The lowest BCUT2D eigenvalue weighted by Gasteiger charge is -2.07. The molecule has 92 valence electrons. The molecule has 0 aromatic carbocycles. The molecule has 1 rings (SSSR count). The topological polar surface area (TPSA) is 103 Å². The summed E-state index contributed by atoms with van der Waals surface area (Å²) in [5, 5.41) is 19.2. The molecule has 0 fully saturated rings. The van der Waals surface area contributed by atoms with Gasteiger partial charge in [-0.3, -0.25) is 10.1 Å². The molecule has 0 aliphatic rings. The van der Waals surface area contributed by atoms with Crippen LogP contribution in [0.25, 0.3) is 0 Å². The zero-order valence-electron chi connectivity index (χ0n) is 8.39. The molecule has 0 atom stereocenters. The zero-order chi connectivity index (χ0) is 13.2. The summed E-state index contributed by atoms with van der Waals surface area (Å²) in [6, 6.07) is 0.609. The number of carboxylic acid groups (broad SMARTS) is 1. The van der Waals surface area contributed by atoms with Crippen LogP contribution in [0, 0.1) is 10.1 Å². The van der Waals surface area contributed by atoms with Gasteiger partial charge in [-0.2, -0.15) is 0 Å². The van der Waals surface area contributed by atoms with Gasteiger partial charge in [0.1, 0.15) is 5.69 Å². The minimum atomic E-state index is -3.09. The van der Waals surface area contributed by atoms with Crippen LogP contribution in [-0.4, -0.2) is 28.1 Å². The Morgan fingerprint density at radius 1 is 1.65 bits per heavy atom. The molecule has 0 amide bonds. The van der Waals surface area contributed by atoms with Crippen LogP contribution in [0.1, 0.15) is 22.6 Å². The summed E-state index contributed by atoms with van der Waals surface area (Å²) in [5.41, 5.74) is -2.90. The van der Waals surface area contributed by atoms with Crippen LogP contribution in [-0.2, 0) is 0 Å². The number of aromatic carboxylic acids is 1. The third kappa shape index (κ3) is 2.44. The third-order valence-corrected chi connectivity index (χ3v) is 1.82. The van der Waals surface area contributed by atoms with Crippen molar-refractivity contribution in [1.29, 1.82) is 0 Å². The first-order chi connectivity index (χ1) is 7.88. The molecule has 0 bridgehead atoms. The highest BCUT2D eigenvalue weighted by atomic mass is 19.3. The Bertz CT molecular complexity index is 477. The van der Waals surface area contributed by atoms with Crippen molar-refractivity contribution in [2.45, 2.75) is 6.43 Å². The Balaban J connectivity index is 3.53. The molecule has 1 N–H and O–H groups in total. The van der Waals surface area contributed by atoms with Crippen molar-refractivity contribution >= 4 is 11.7 Å². The largest absolute Gasteiger partial charge is 0.494 e. The first kappa shape index (κ1) is 12.7. The summed E-state index contributed by atoms with van der Waals surface area (Å²) in [7, 11) is 1.02. The number of halogens is 2. The van der Waals surface area contributed by atoms with E-state index in [1.54, 1.807) is 0 Å². The van der Waals surface area contributed by atoms with Crippen LogP contribution in [0.5, 0.6) is 5.75 Å². The molecule has 1 aromatic rings. The van der Waals surface area contributed by atoms with Crippen LogP contribution in [0.15, 0.2) is 6.07 Å². The average molecular weight is 248 g/mol. The van der Waals surface area contributed by atoms with Crippen molar-refractivity contribution in [3.63, 3.8) is 0 Å². The van der Waals surface area contributed by atoms with Crippen molar-refractivity contribution in [3.8, 4) is 5.75 Å². The van der Waals surface area contributed by atoms with Gasteiger partial charge >= 0.3 is 11.7 Å². The molecule has 1 aromatic heterocycles. The maximum absolute atomic E-state index is 12.5. The number of ether oxygens (including phenoxy) is 1. The SMILES string of the molecule is COc1cc([N+](=O)[O-])c(C(=O)O)nc1C(F)F. The van der Waals surface area contributed by atoms with Crippen LogP contribution in [0.3, 0.4) is 0 Å². The fraction of sp³-hybridized carbons (Fsp3) is 0.250. The number of hydrogen-bond donors (Lipinski definition) is 1. The van der Waals surface area contributed by atoms with Crippen molar-refractivity contribution in [1.82, 2.24) is 4.98 Å². The van der Waals surface area contributed by atoms with E-state index in [0.717, 1.165) is 7.11 Å². The maximum atomic E-state index is 12.5. The summed E-state index contributed by atoms with van der Waals surface area (Å²) in [6.45, 7) is 0. The Morgan fingerprint density at radius 3 is 2.59 bits per heavy atom. The summed E-state index contributed by atoms with van der Waals surface area (Å²) >= 11 is 0. The number of alkyl halides is 2. The maximum Gasteiger partial charge on any atom is 0.361 e. The van der Waals surface area contributed by atoms with E-state index in [1.165, 1.54) is 0 Å². The van der Waals surface area contributed by atoms with Gasteiger partial charge in [-0.1, -0.05) is 0 Å². The van der Waals surface area contributed by atoms with Crippen molar-refractivity contribution < 1.29 is 28.3 Å². The van der Waals surface area contributed by atoms with Gasteiger partial charge in [0.25, 0.3) is 6.43 Å². The molecular formula is C8H6F2N2O5. The summed E-state index contributed by atoms with van der Waals surface area (Å²) in [6.07, 6.45) is -3.09. The number of nitro groups is 1. The zero-order valence-corrected chi connectivity index (χ0v) is 8.39. The average Bonchev–Trinajstić information content (AvgIpc) is 2.26. The van der Waals surface area contributed by atoms with E-state index < -0.39 is 40.1 Å². The number of carbonyl (C=O) groups is 1. The normalized spacial score (nSPS) is 10.4. The minimum absolute atomic E-state index is 0.531. The van der Waals surface area contributed by atoms with Gasteiger partial charge in [0.15, 0.2) is 5.75 Å².